The number of thiophene rings is 1. The number of pyridine rings is 1. The Bertz CT molecular complexity index is 1040. The summed E-state index contributed by atoms with van der Waals surface area (Å²) >= 11 is 1.02. The zero-order valence-electron chi connectivity index (χ0n) is 13.7. The summed E-state index contributed by atoms with van der Waals surface area (Å²) in [7, 11) is 1.42. The fraction of sp³-hybridized carbons (Fsp3) is 0.267. The highest BCUT2D eigenvalue weighted by Crippen LogP contribution is 2.41. The Morgan fingerprint density at radius 2 is 2.12 bits per heavy atom. The lowest BCUT2D eigenvalue weighted by molar-refractivity contribution is -0.741. The Morgan fingerprint density at radius 3 is 2.64 bits per heavy atom. The van der Waals surface area contributed by atoms with Gasteiger partial charge in [0.15, 0.2) is 13.0 Å². The Labute approximate surface area is 146 Å². The number of fused-ring (bicyclic) bond motifs is 1. The fourth-order valence-corrected chi connectivity index (χ4v) is 3.78. The van der Waals surface area contributed by atoms with Gasteiger partial charge in [-0.2, -0.15) is 5.26 Å². The maximum Gasteiger partial charge on any atom is 0.305 e. The molecule has 128 valence electrons. The maximum absolute atomic E-state index is 12.7. The quantitative estimate of drug-likeness (QED) is 0.508. The Hall–Kier alpha value is -3.19. The molecule has 3 heterocycles. The molecular weight excluding hydrogens is 344 g/mol. The third kappa shape index (κ3) is 2.36. The van der Waals surface area contributed by atoms with Gasteiger partial charge in [0.2, 0.25) is 0 Å². The number of carbonyl (C=O) groups excluding carboxylic acids is 1. The molecule has 0 saturated carbocycles. The largest absolute Gasteiger partial charge is 0.539 e. The Kier molecular flexibility index (Phi) is 3.81. The van der Waals surface area contributed by atoms with Crippen molar-refractivity contribution in [3.8, 4) is 12.0 Å². The van der Waals surface area contributed by atoms with Crippen molar-refractivity contribution < 1.29 is 19.1 Å². The third-order valence-electron chi connectivity index (χ3n) is 3.82. The molecule has 9 nitrogen and oxygen atoms in total. The van der Waals surface area contributed by atoms with E-state index in [0.717, 1.165) is 16.0 Å². The highest BCUT2D eigenvalue weighted by atomic mass is 32.1. The average molecular weight is 358 g/mol. The summed E-state index contributed by atoms with van der Waals surface area (Å²) in [5.74, 6) is -1.44. The van der Waals surface area contributed by atoms with Crippen LogP contribution in [0.15, 0.2) is 4.52 Å². The van der Waals surface area contributed by atoms with Crippen molar-refractivity contribution in [2.45, 2.75) is 19.8 Å². The number of hydrogen-bond acceptors (Lipinski definition) is 9. The van der Waals surface area contributed by atoms with Gasteiger partial charge in [-0.05, 0) is 11.5 Å². The van der Waals surface area contributed by atoms with Crippen LogP contribution in [0.25, 0.3) is 10.2 Å². The topological polar surface area (TPSA) is 159 Å². The van der Waals surface area contributed by atoms with E-state index < -0.39 is 11.7 Å². The normalized spacial score (nSPS) is 11.2. The van der Waals surface area contributed by atoms with Gasteiger partial charge >= 0.3 is 5.69 Å². The number of anilines is 2. The van der Waals surface area contributed by atoms with Crippen molar-refractivity contribution in [2.75, 3.05) is 11.5 Å². The van der Waals surface area contributed by atoms with E-state index in [2.05, 4.69) is 14.8 Å². The van der Waals surface area contributed by atoms with Gasteiger partial charge < -0.3 is 21.1 Å². The van der Waals surface area contributed by atoms with E-state index in [-0.39, 0.29) is 33.6 Å². The molecule has 0 radical (unpaired) electrons. The highest BCUT2D eigenvalue weighted by Gasteiger charge is 2.31. The van der Waals surface area contributed by atoms with E-state index in [1.165, 1.54) is 7.05 Å². The summed E-state index contributed by atoms with van der Waals surface area (Å²) < 4.78 is 5.55. The first-order chi connectivity index (χ1) is 11.8. The molecule has 0 aliphatic heterocycles. The summed E-state index contributed by atoms with van der Waals surface area (Å²) in [5, 5.41) is 25.1. The first kappa shape index (κ1) is 16.7. The molecule has 0 amide bonds. The molecule has 4 N–H and O–H groups in total. The number of ketones is 1. The van der Waals surface area contributed by atoms with Crippen molar-refractivity contribution in [2.24, 2.45) is 7.05 Å². The van der Waals surface area contributed by atoms with Crippen LogP contribution in [0.5, 0.6) is 5.95 Å². The molecular formula is C15H14N6O3S. The minimum atomic E-state index is -0.848. The number of hydrogen-bond donors (Lipinski definition) is 2. The lowest BCUT2D eigenvalue weighted by atomic mass is 9.94. The van der Waals surface area contributed by atoms with Crippen LogP contribution < -0.4 is 21.3 Å². The van der Waals surface area contributed by atoms with E-state index >= 15 is 0 Å². The molecule has 0 atom stereocenters. The van der Waals surface area contributed by atoms with E-state index in [9.17, 15) is 15.2 Å². The minimum absolute atomic E-state index is 0.0657. The van der Waals surface area contributed by atoms with Gasteiger partial charge in [0.05, 0.1) is 16.5 Å². The molecule has 0 unspecified atom stereocenters. The first-order valence-corrected chi connectivity index (χ1v) is 8.08. The van der Waals surface area contributed by atoms with E-state index in [1.807, 2.05) is 19.9 Å². The van der Waals surface area contributed by atoms with Crippen molar-refractivity contribution in [1.82, 2.24) is 10.3 Å². The number of carbonyl (C=O) groups is 1. The van der Waals surface area contributed by atoms with Gasteiger partial charge in [-0.15, -0.1) is 11.3 Å². The third-order valence-corrected chi connectivity index (χ3v) is 4.92. The molecule has 0 saturated heterocycles. The number of nitrogens with zero attached hydrogens (tertiary/aromatic N) is 4. The van der Waals surface area contributed by atoms with Crippen LogP contribution in [0.1, 0.15) is 46.3 Å². The predicted octanol–water partition coefficient (Wildman–Crippen LogP) is 0.573. The number of rotatable bonds is 3. The monoisotopic (exact) mass is 358 g/mol. The number of aryl methyl sites for hydroxylation is 1. The van der Waals surface area contributed by atoms with Crippen LogP contribution in [0.3, 0.4) is 0 Å². The summed E-state index contributed by atoms with van der Waals surface area (Å²) in [6.07, 6.45) is 0. The maximum atomic E-state index is 12.7. The second-order valence-electron chi connectivity index (χ2n) is 5.74. The second-order valence-corrected chi connectivity index (χ2v) is 6.74. The van der Waals surface area contributed by atoms with Crippen molar-refractivity contribution in [3.05, 3.63) is 21.7 Å². The molecule has 0 aliphatic carbocycles. The summed E-state index contributed by atoms with van der Waals surface area (Å²) in [5.41, 5.74) is 12.9. The number of nitriles is 1. The summed E-state index contributed by atoms with van der Waals surface area (Å²) in [4.78, 5) is 17.5. The minimum Gasteiger partial charge on any atom is -0.539 e. The predicted molar refractivity (Wildman–Crippen MR) is 87.8 cm³/mol. The molecule has 3 aromatic rings. The van der Waals surface area contributed by atoms with Gasteiger partial charge in [-0.3, -0.25) is 4.79 Å². The Morgan fingerprint density at radius 1 is 1.44 bits per heavy atom. The zero-order chi connectivity index (χ0) is 18.5. The molecule has 0 fully saturated rings. The van der Waals surface area contributed by atoms with Gasteiger partial charge in [-0.25, -0.2) is 4.98 Å². The van der Waals surface area contributed by atoms with Crippen LogP contribution in [0.4, 0.5) is 11.5 Å². The lowest BCUT2D eigenvalue weighted by Crippen LogP contribution is -2.37. The van der Waals surface area contributed by atoms with Crippen LogP contribution in [-0.2, 0) is 7.05 Å². The van der Waals surface area contributed by atoms with Gasteiger partial charge in [0.1, 0.15) is 21.6 Å². The molecule has 0 aromatic carbocycles. The van der Waals surface area contributed by atoms with Crippen molar-refractivity contribution in [3.63, 3.8) is 0 Å². The van der Waals surface area contributed by atoms with Crippen LogP contribution >= 0.6 is 11.3 Å². The Balaban J connectivity index is 2.34. The molecule has 3 aromatic heterocycles. The zero-order valence-corrected chi connectivity index (χ0v) is 14.5. The van der Waals surface area contributed by atoms with Gasteiger partial charge in [0.25, 0.3) is 5.78 Å². The van der Waals surface area contributed by atoms with Crippen LogP contribution in [0.2, 0.25) is 0 Å². The van der Waals surface area contributed by atoms with Crippen molar-refractivity contribution in [1.29, 1.82) is 5.26 Å². The van der Waals surface area contributed by atoms with Gasteiger partial charge in [-0.1, -0.05) is 18.5 Å². The number of aromatic nitrogens is 3. The number of nitrogen functional groups attached to an aromatic ring is 2. The van der Waals surface area contributed by atoms with E-state index in [0.29, 0.717) is 15.8 Å². The first-order valence-electron chi connectivity index (χ1n) is 7.27. The molecule has 10 heteroatoms. The summed E-state index contributed by atoms with van der Waals surface area (Å²) in [6.45, 7) is 3.78. The summed E-state index contributed by atoms with van der Waals surface area (Å²) in [6, 6.07) is 2.05. The smallest absolute Gasteiger partial charge is 0.305 e. The molecule has 3 rings (SSSR count). The number of nitrogens with two attached hydrogens (primary N) is 2. The molecule has 25 heavy (non-hydrogen) atoms. The average Bonchev–Trinajstić information content (AvgIpc) is 3.05. The molecule has 0 aliphatic rings. The van der Waals surface area contributed by atoms with Crippen LogP contribution in [0, 0.1) is 11.3 Å². The second kappa shape index (κ2) is 5.71. The van der Waals surface area contributed by atoms with Gasteiger partial charge in [0, 0.05) is 5.39 Å². The highest BCUT2D eigenvalue weighted by molar-refractivity contribution is 7.21. The molecule has 0 spiro atoms. The van der Waals surface area contributed by atoms with E-state index in [1.54, 1.807) is 0 Å². The van der Waals surface area contributed by atoms with Crippen molar-refractivity contribution >= 4 is 38.8 Å². The van der Waals surface area contributed by atoms with Crippen LogP contribution in [-0.4, -0.2) is 16.0 Å². The van der Waals surface area contributed by atoms with E-state index in [4.69, 9.17) is 11.5 Å². The fourth-order valence-electron chi connectivity index (χ4n) is 2.72. The SMILES string of the molecule is CC(C)c1c(C#N)c(N)nc2sc(C(=O)c3c([O-])on[n+]3C)c(N)c12. The standard InChI is InChI=1S/C15H14N6O3S/c1-5(2)7-6(4-16)13(18)19-14-8(7)9(17)12(25-14)11(22)10-15(23)24-20-21(10)3/h5H,1-3H3,(H4-,17,18,19,20,22,23). The molecule has 0 bridgehead atoms. The lowest BCUT2D eigenvalue weighted by Gasteiger charge is -2.12.